The molecule has 0 aliphatic rings. The smallest absolute Gasteiger partial charge is 0.326 e. The van der Waals surface area contributed by atoms with Gasteiger partial charge in [-0.15, -0.1) is 0 Å². The number of para-hydroxylation sites is 2. The van der Waals surface area contributed by atoms with Crippen LogP contribution in [0.3, 0.4) is 0 Å². The van der Waals surface area contributed by atoms with Crippen LogP contribution in [0.2, 0.25) is 0 Å². The minimum Gasteiger partial charge on any atom is -0.462 e. The van der Waals surface area contributed by atoms with Crippen LogP contribution < -0.4 is 5.32 Å². The van der Waals surface area contributed by atoms with Crippen LogP contribution in [0.15, 0.2) is 24.3 Å². The molecule has 1 amide bonds. The highest BCUT2D eigenvalue weighted by Gasteiger charge is 2.15. The van der Waals surface area contributed by atoms with Crippen molar-refractivity contribution < 1.29 is 14.3 Å². The molecule has 0 spiro atoms. The molecule has 1 aromatic carbocycles. The normalized spacial score (nSPS) is 11.0. The van der Waals surface area contributed by atoms with E-state index in [9.17, 15) is 9.59 Å². The second kappa shape index (κ2) is 7.76. The Balaban J connectivity index is 2.22. The third-order valence-electron chi connectivity index (χ3n) is 3.31. The highest BCUT2D eigenvalue weighted by atomic mass is 16.5. The van der Waals surface area contributed by atoms with Gasteiger partial charge in [-0.25, -0.2) is 4.98 Å². The topological polar surface area (TPSA) is 73.2 Å². The molecule has 1 N–H and O–H groups in total. The Morgan fingerprint density at radius 2 is 2.04 bits per heavy atom. The summed E-state index contributed by atoms with van der Waals surface area (Å²) in [5.74, 6) is 0.316. The molecular formula is C17H23N3O3. The van der Waals surface area contributed by atoms with Crippen LogP contribution in [0.5, 0.6) is 0 Å². The van der Waals surface area contributed by atoms with Crippen LogP contribution >= 0.6 is 0 Å². The van der Waals surface area contributed by atoms with E-state index in [1.807, 2.05) is 45.0 Å². The molecule has 1 aromatic heterocycles. The summed E-state index contributed by atoms with van der Waals surface area (Å²) in [6, 6.07) is 7.58. The number of imidazole rings is 1. The molecule has 6 nitrogen and oxygen atoms in total. The van der Waals surface area contributed by atoms with Gasteiger partial charge < -0.3 is 14.6 Å². The summed E-state index contributed by atoms with van der Waals surface area (Å²) in [6.07, 6.45) is 1.11. The van der Waals surface area contributed by atoms with E-state index in [1.165, 1.54) is 0 Å². The monoisotopic (exact) mass is 317 g/mol. The largest absolute Gasteiger partial charge is 0.462 e. The number of nitrogens with one attached hydrogen (secondary N) is 1. The highest BCUT2D eigenvalue weighted by Crippen LogP contribution is 2.16. The lowest BCUT2D eigenvalue weighted by Crippen LogP contribution is -2.25. The third-order valence-corrected chi connectivity index (χ3v) is 3.31. The fraction of sp³-hybridized carbons (Fsp3) is 0.471. The molecule has 0 radical (unpaired) electrons. The maximum Gasteiger partial charge on any atom is 0.326 e. The summed E-state index contributed by atoms with van der Waals surface area (Å²) in [5, 5.41) is 2.84. The Morgan fingerprint density at radius 3 is 2.74 bits per heavy atom. The van der Waals surface area contributed by atoms with Crippen LogP contribution in [-0.2, 0) is 27.4 Å². The molecule has 0 unspecified atom stereocenters. The zero-order valence-electron chi connectivity index (χ0n) is 13.8. The second-order valence-corrected chi connectivity index (χ2v) is 5.67. The van der Waals surface area contributed by atoms with Gasteiger partial charge in [-0.3, -0.25) is 9.59 Å². The second-order valence-electron chi connectivity index (χ2n) is 5.67. The lowest BCUT2D eigenvalue weighted by molar-refractivity contribution is -0.148. The van der Waals surface area contributed by atoms with Crippen LogP contribution in [0.25, 0.3) is 11.0 Å². The van der Waals surface area contributed by atoms with Gasteiger partial charge in [-0.1, -0.05) is 19.1 Å². The van der Waals surface area contributed by atoms with Crippen LogP contribution in [0.4, 0.5) is 0 Å². The van der Waals surface area contributed by atoms with Crippen LogP contribution in [0.1, 0.15) is 39.4 Å². The molecule has 0 atom stereocenters. The SMILES string of the molecule is CCCC(=O)NCc1nc2ccccc2n1CC(=O)OC(C)C. The number of benzene rings is 1. The average Bonchev–Trinajstić information content (AvgIpc) is 2.83. The van der Waals surface area contributed by atoms with E-state index in [-0.39, 0.29) is 24.5 Å². The van der Waals surface area contributed by atoms with E-state index in [4.69, 9.17) is 4.74 Å². The summed E-state index contributed by atoms with van der Waals surface area (Å²) in [4.78, 5) is 28.2. The number of ether oxygens (including phenoxy) is 1. The number of esters is 1. The van der Waals surface area contributed by atoms with E-state index in [1.54, 1.807) is 4.57 Å². The van der Waals surface area contributed by atoms with Gasteiger partial charge in [0.05, 0.1) is 23.7 Å². The van der Waals surface area contributed by atoms with Crippen molar-refractivity contribution in [1.82, 2.24) is 14.9 Å². The first-order chi connectivity index (χ1) is 11.0. The third kappa shape index (κ3) is 4.55. The van der Waals surface area contributed by atoms with Gasteiger partial charge in [0.1, 0.15) is 12.4 Å². The molecule has 6 heteroatoms. The van der Waals surface area contributed by atoms with Crippen molar-refractivity contribution in [2.75, 3.05) is 0 Å². The van der Waals surface area contributed by atoms with Gasteiger partial charge >= 0.3 is 5.97 Å². The maximum absolute atomic E-state index is 12.0. The summed E-state index contributed by atoms with van der Waals surface area (Å²) < 4.78 is 7.01. The number of rotatable bonds is 7. The molecular weight excluding hydrogens is 294 g/mol. The standard InChI is InChI=1S/C17H23N3O3/c1-4-7-16(21)18-10-15-19-13-8-5-6-9-14(13)20(15)11-17(22)23-12(2)3/h5-6,8-9,12H,4,7,10-11H2,1-3H3,(H,18,21). The lowest BCUT2D eigenvalue weighted by Gasteiger charge is -2.12. The average molecular weight is 317 g/mol. The van der Waals surface area contributed by atoms with Crippen LogP contribution in [-0.4, -0.2) is 27.5 Å². The molecule has 0 bridgehead atoms. The molecule has 23 heavy (non-hydrogen) atoms. The Bertz CT molecular complexity index is 691. The minimum atomic E-state index is -0.315. The predicted octanol–water partition coefficient (Wildman–Crippen LogP) is 2.40. The molecule has 2 aromatic rings. The predicted molar refractivity (Wildman–Crippen MR) is 87.7 cm³/mol. The number of fused-ring (bicyclic) bond motifs is 1. The van der Waals surface area contributed by atoms with Gasteiger partial charge in [0.2, 0.25) is 5.91 Å². The van der Waals surface area contributed by atoms with Gasteiger partial charge in [-0.05, 0) is 32.4 Å². The summed E-state index contributed by atoms with van der Waals surface area (Å²) in [6.45, 7) is 5.96. The van der Waals surface area contributed by atoms with Crippen molar-refractivity contribution >= 4 is 22.9 Å². The van der Waals surface area contributed by atoms with Crippen LogP contribution in [0, 0.1) is 0 Å². The fourth-order valence-corrected chi connectivity index (χ4v) is 2.36. The summed E-state index contributed by atoms with van der Waals surface area (Å²) >= 11 is 0. The zero-order chi connectivity index (χ0) is 16.8. The lowest BCUT2D eigenvalue weighted by atomic mass is 10.3. The highest BCUT2D eigenvalue weighted by molar-refractivity contribution is 5.79. The van der Waals surface area contributed by atoms with E-state index in [2.05, 4.69) is 10.3 Å². The number of nitrogens with zero attached hydrogens (tertiary/aromatic N) is 2. The first kappa shape index (κ1) is 17.0. The van der Waals surface area contributed by atoms with Crippen molar-refractivity contribution in [3.63, 3.8) is 0 Å². The molecule has 2 rings (SSSR count). The van der Waals surface area contributed by atoms with Crippen molar-refractivity contribution in [1.29, 1.82) is 0 Å². The van der Waals surface area contributed by atoms with E-state index >= 15 is 0 Å². The Hall–Kier alpha value is -2.37. The van der Waals surface area contributed by atoms with E-state index in [0.29, 0.717) is 18.8 Å². The molecule has 124 valence electrons. The van der Waals surface area contributed by atoms with Crippen molar-refractivity contribution in [2.24, 2.45) is 0 Å². The van der Waals surface area contributed by atoms with Crippen molar-refractivity contribution in [3.05, 3.63) is 30.1 Å². The molecule has 0 aliphatic heterocycles. The molecule has 0 saturated heterocycles. The number of carbonyl (C=O) groups excluding carboxylic acids is 2. The van der Waals surface area contributed by atoms with E-state index in [0.717, 1.165) is 17.5 Å². The summed E-state index contributed by atoms with van der Waals surface area (Å²) in [5.41, 5.74) is 1.65. The van der Waals surface area contributed by atoms with Crippen molar-refractivity contribution in [3.8, 4) is 0 Å². The zero-order valence-corrected chi connectivity index (χ0v) is 13.8. The first-order valence-corrected chi connectivity index (χ1v) is 7.91. The van der Waals surface area contributed by atoms with Gasteiger partial charge in [0.15, 0.2) is 0 Å². The Kier molecular flexibility index (Phi) is 5.73. The first-order valence-electron chi connectivity index (χ1n) is 7.91. The minimum absolute atomic E-state index is 0.0177. The number of hydrogen-bond donors (Lipinski definition) is 1. The van der Waals surface area contributed by atoms with Crippen molar-refractivity contribution in [2.45, 2.75) is 52.8 Å². The maximum atomic E-state index is 12.0. The molecule has 1 heterocycles. The quantitative estimate of drug-likeness (QED) is 0.796. The number of amides is 1. The number of hydrogen-bond acceptors (Lipinski definition) is 4. The summed E-state index contributed by atoms with van der Waals surface area (Å²) in [7, 11) is 0. The Morgan fingerprint density at radius 1 is 1.30 bits per heavy atom. The number of aromatic nitrogens is 2. The molecule has 0 saturated carbocycles. The van der Waals surface area contributed by atoms with Gasteiger partial charge in [-0.2, -0.15) is 0 Å². The van der Waals surface area contributed by atoms with Gasteiger partial charge in [0, 0.05) is 6.42 Å². The Labute approximate surface area is 135 Å². The van der Waals surface area contributed by atoms with E-state index < -0.39 is 0 Å². The number of carbonyl (C=O) groups is 2. The fourth-order valence-electron chi connectivity index (χ4n) is 2.36. The molecule has 0 aliphatic carbocycles. The molecule has 0 fully saturated rings. The van der Waals surface area contributed by atoms with Gasteiger partial charge in [0.25, 0.3) is 0 Å².